The Hall–Kier alpha value is -1.46. The standard InChI is InChI=1S/C16H15BrF2N2/c17-11-2-4-13(14(19)7-11)16(9-20)21-6-5-10-1-3-12(18)8-15(10)21/h1-4,7-8,16H,5-6,9,20H2. The second kappa shape index (κ2) is 5.73. The Morgan fingerprint density at radius 3 is 2.71 bits per heavy atom. The number of hydrogen-bond acceptors (Lipinski definition) is 2. The number of benzene rings is 2. The van der Waals surface area contributed by atoms with Gasteiger partial charge in [-0.3, -0.25) is 0 Å². The molecule has 1 heterocycles. The fourth-order valence-electron chi connectivity index (χ4n) is 2.89. The van der Waals surface area contributed by atoms with E-state index in [2.05, 4.69) is 15.9 Å². The summed E-state index contributed by atoms with van der Waals surface area (Å²) in [5.41, 5.74) is 8.30. The smallest absolute Gasteiger partial charge is 0.129 e. The van der Waals surface area contributed by atoms with Crippen molar-refractivity contribution in [2.45, 2.75) is 12.5 Å². The lowest BCUT2D eigenvalue weighted by atomic mass is 10.0. The van der Waals surface area contributed by atoms with Crippen LogP contribution in [0.3, 0.4) is 0 Å². The number of rotatable bonds is 3. The molecule has 0 saturated carbocycles. The van der Waals surface area contributed by atoms with Crippen molar-refractivity contribution in [1.82, 2.24) is 0 Å². The molecule has 3 rings (SSSR count). The van der Waals surface area contributed by atoms with Crippen molar-refractivity contribution in [2.24, 2.45) is 5.73 Å². The maximum absolute atomic E-state index is 14.2. The van der Waals surface area contributed by atoms with Crippen molar-refractivity contribution in [1.29, 1.82) is 0 Å². The van der Waals surface area contributed by atoms with Gasteiger partial charge in [-0.2, -0.15) is 0 Å². The van der Waals surface area contributed by atoms with Crippen molar-refractivity contribution in [3.05, 3.63) is 63.6 Å². The van der Waals surface area contributed by atoms with E-state index in [1.165, 1.54) is 18.2 Å². The van der Waals surface area contributed by atoms with Gasteiger partial charge in [-0.15, -0.1) is 0 Å². The van der Waals surface area contributed by atoms with Gasteiger partial charge in [0, 0.05) is 28.8 Å². The molecule has 2 aromatic carbocycles. The Morgan fingerprint density at radius 1 is 1.19 bits per heavy atom. The molecule has 0 radical (unpaired) electrons. The average molecular weight is 353 g/mol. The molecule has 2 nitrogen and oxygen atoms in total. The highest BCUT2D eigenvalue weighted by Gasteiger charge is 2.28. The van der Waals surface area contributed by atoms with Crippen molar-refractivity contribution < 1.29 is 8.78 Å². The van der Waals surface area contributed by atoms with E-state index in [0.29, 0.717) is 10.0 Å². The normalized spacial score (nSPS) is 15.1. The number of halogens is 3. The van der Waals surface area contributed by atoms with Crippen LogP contribution in [0.25, 0.3) is 0 Å². The van der Waals surface area contributed by atoms with Crippen LogP contribution in [0.5, 0.6) is 0 Å². The molecule has 110 valence electrons. The highest BCUT2D eigenvalue weighted by Crippen LogP contribution is 2.36. The van der Waals surface area contributed by atoms with Gasteiger partial charge < -0.3 is 10.6 Å². The molecule has 2 aromatic rings. The van der Waals surface area contributed by atoms with Crippen molar-refractivity contribution in [2.75, 3.05) is 18.0 Å². The Bertz CT molecular complexity index is 675. The summed E-state index contributed by atoms with van der Waals surface area (Å²) in [5, 5.41) is 0. The predicted molar refractivity (Wildman–Crippen MR) is 83.3 cm³/mol. The van der Waals surface area contributed by atoms with Crippen LogP contribution < -0.4 is 10.6 Å². The molecule has 0 saturated heterocycles. The molecular weight excluding hydrogens is 338 g/mol. The van der Waals surface area contributed by atoms with E-state index < -0.39 is 0 Å². The van der Waals surface area contributed by atoms with Crippen LogP contribution in [0.15, 0.2) is 40.9 Å². The van der Waals surface area contributed by atoms with E-state index in [9.17, 15) is 8.78 Å². The Balaban J connectivity index is 2.01. The number of nitrogens with two attached hydrogens (primary N) is 1. The molecule has 5 heteroatoms. The summed E-state index contributed by atoms with van der Waals surface area (Å²) >= 11 is 3.25. The summed E-state index contributed by atoms with van der Waals surface area (Å²) in [4.78, 5) is 1.99. The van der Waals surface area contributed by atoms with Gasteiger partial charge in [0.25, 0.3) is 0 Å². The van der Waals surface area contributed by atoms with Gasteiger partial charge in [-0.25, -0.2) is 8.78 Å². The lowest BCUT2D eigenvalue weighted by molar-refractivity contribution is 0.563. The molecule has 0 aromatic heterocycles. The lowest BCUT2D eigenvalue weighted by Gasteiger charge is -2.30. The molecule has 1 aliphatic rings. The third-order valence-electron chi connectivity index (χ3n) is 3.90. The van der Waals surface area contributed by atoms with Gasteiger partial charge in [-0.1, -0.05) is 28.1 Å². The van der Waals surface area contributed by atoms with Gasteiger partial charge in [0.1, 0.15) is 11.6 Å². The van der Waals surface area contributed by atoms with Crippen LogP contribution in [0.2, 0.25) is 0 Å². The maximum atomic E-state index is 14.2. The molecule has 0 bridgehead atoms. The second-order valence-corrected chi connectivity index (χ2v) is 6.05. The molecular formula is C16H15BrF2N2. The number of nitrogens with zero attached hydrogens (tertiary/aromatic N) is 1. The monoisotopic (exact) mass is 352 g/mol. The summed E-state index contributed by atoms with van der Waals surface area (Å²) in [7, 11) is 0. The van der Waals surface area contributed by atoms with E-state index in [-0.39, 0.29) is 24.2 Å². The van der Waals surface area contributed by atoms with E-state index in [1.54, 1.807) is 18.2 Å². The quantitative estimate of drug-likeness (QED) is 0.910. The lowest BCUT2D eigenvalue weighted by Crippen LogP contribution is -2.33. The second-order valence-electron chi connectivity index (χ2n) is 5.13. The third kappa shape index (κ3) is 2.68. The molecule has 2 N–H and O–H groups in total. The van der Waals surface area contributed by atoms with E-state index in [4.69, 9.17) is 5.73 Å². The van der Waals surface area contributed by atoms with E-state index in [0.717, 1.165) is 24.2 Å². The fraction of sp³-hybridized carbons (Fsp3) is 0.250. The Kier molecular flexibility index (Phi) is 3.95. The highest BCUT2D eigenvalue weighted by atomic mass is 79.9. The van der Waals surface area contributed by atoms with E-state index in [1.807, 2.05) is 4.90 Å². The van der Waals surface area contributed by atoms with Crippen LogP contribution in [-0.4, -0.2) is 13.1 Å². The minimum Gasteiger partial charge on any atom is -0.362 e. The first-order chi connectivity index (χ1) is 10.1. The first kappa shape index (κ1) is 14.5. The molecule has 1 atom stereocenters. The zero-order valence-electron chi connectivity index (χ0n) is 11.3. The summed E-state index contributed by atoms with van der Waals surface area (Å²) < 4.78 is 28.4. The minimum absolute atomic E-state index is 0.272. The number of anilines is 1. The van der Waals surface area contributed by atoms with E-state index >= 15 is 0 Å². The molecule has 0 spiro atoms. The van der Waals surface area contributed by atoms with Gasteiger partial charge in [0.15, 0.2) is 0 Å². The first-order valence-corrected chi connectivity index (χ1v) is 7.59. The molecule has 0 amide bonds. The fourth-order valence-corrected chi connectivity index (χ4v) is 3.23. The first-order valence-electron chi connectivity index (χ1n) is 6.80. The summed E-state index contributed by atoms with van der Waals surface area (Å²) in [5.74, 6) is -0.586. The predicted octanol–water partition coefficient (Wildman–Crippen LogP) is 3.79. The summed E-state index contributed by atoms with van der Waals surface area (Å²) in [6.07, 6.45) is 0.824. The Labute approximate surface area is 130 Å². The third-order valence-corrected chi connectivity index (χ3v) is 4.39. The minimum atomic E-state index is -0.301. The highest BCUT2D eigenvalue weighted by molar-refractivity contribution is 9.10. The van der Waals surface area contributed by atoms with Crippen molar-refractivity contribution >= 4 is 21.6 Å². The van der Waals surface area contributed by atoms with Crippen LogP contribution in [0, 0.1) is 11.6 Å². The summed E-state index contributed by atoms with van der Waals surface area (Å²) in [6.45, 7) is 0.991. The van der Waals surface area contributed by atoms with Crippen molar-refractivity contribution in [3.63, 3.8) is 0 Å². The maximum Gasteiger partial charge on any atom is 0.129 e. The van der Waals surface area contributed by atoms with Gasteiger partial charge in [0.05, 0.1) is 6.04 Å². The van der Waals surface area contributed by atoms with Gasteiger partial charge in [-0.05, 0) is 36.2 Å². The Morgan fingerprint density at radius 2 is 2.00 bits per heavy atom. The zero-order chi connectivity index (χ0) is 15.0. The molecule has 1 aliphatic heterocycles. The summed E-state index contributed by atoms with van der Waals surface area (Å²) in [6, 6.07) is 9.41. The van der Waals surface area contributed by atoms with Crippen LogP contribution >= 0.6 is 15.9 Å². The van der Waals surface area contributed by atoms with Crippen LogP contribution in [0.1, 0.15) is 17.2 Å². The molecule has 0 aliphatic carbocycles. The number of hydrogen-bond donors (Lipinski definition) is 1. The largest absolute Gasteiger partial charge is 0.362 e. The van der Waals surface area contributed by atoms with Gasteiger partial charge >= 0.3 is 0 Å². The topological polar surface area (TPSA) is 29.3 Å². The van der Waals surface area contributed by atoms with Crippen molar-refractivity contribution in [3.8, 4) is 0 Å². The molecule has 1 unspecified atom stereocenters. The average Bonchev–Trinajstić information content (AvgIpc) is 2.85. The molecule has 0 fully saturated rings. The molecule has 21 heavy (non-hydrogen) atoms. The SMILES string of the molecule is NCC(c1ccc(Br)cc1F)N1CCc2ccc(F)cc21. The van der Waals surface area contributed by atoms with Crippen LogP contribution in [-0.2, 0) is 6.42 Å². The zero-order valence-corrected chi connectivity index (χ0v) is 12.9. The number of fused-ring (bicyclic) bond motifs is 1. The van der Waals surface area contributed by atoms with Crippen LogP contribution in [0.4, 0.5) is 14.5 Å². The van der Waals surface area contributed by atoms with Gasteiger partial charge in [0.2, 0.25) is 0 Å².